The number of alkyl halides is 2. The average Bonchev–Trinajstić information content (AvgIpc) is 3.14. The molecule has 2 atom stereocenters. The molecule has 2 unspecified atom stereocenters. The topological polar surface area (TPSA) is 49.3 Å². The summed E-state index contributed by atoms with van der Waals surface area (Å²) in [6, 6.07) is 10.5. The maximum Gasteiger partial charge on any atom is 0.163 e. The van der Waals surface area contributed by atoms with Crippen molar-refractivity contribution in [2.45, 2.75) is 24.1 Å². The van der Waals surface area contributed by atoms with Crippen LogP contribution < -0.4 is 5.32 Å². The summed E-state index contributed by atoms with van der Waals surface area (Å²) < 4.78 is -0.983. The van der Waals surface area contributed by atoms with E-state index in [0.717, 1.165) is 11.1 Å². The van der Waals surface area contributed by atoms with Crippen LogP contribution in [0.2, 0.25) is 5.02 Å². The summed E-state index contributed by atoms with van der Waals surface area (Å²) in [6.45, 7) is 7.39. The van der Waals surface area contributed by atoms with Gasteiger partial charge in [0.1, 0.15) is 10.1 Å². The van der Waals surface area contributed by atoms with Crippen molar-refractivity contribution in [2.24, 2.45) is 5.92 Å². The lowest BCUT2D eigenvalue weighted by atomic mass is 10.1. The molecular formula is C20H18Cl3NO2. The Labute approximate surface area is 167 Å². The average molecular weight is 411 g/mol. The fourth-order valence-electron chi connectivity index (χ4n) is 3.14. The molecule has 2 N–H and O–H groups in total. The molecule has 0 aromatic heterocycles. The number of allylic oxidation sites excluding steroid dienone is 1. The maximum atomic E-state index is 11.6. The number of benzene rings is 2. The van der Waals surface area contributed by atoms with Crippen LogP contribution in [-0.4, -0.2) is 15.2 Å². The molecule has 0 amide bonds. The van der Waals surface area contributed by atoms with Crippen LogP contribution in [-0.2, 0) is 0 Å². The van der Waals surface area contributed by atoms with Crippen molar-refractivity contribution < 1.29 is 9.90 Å². The Morgan fingerprint density at radius 3 is 2.54 bits per heavy atom. The zero-order chi connectivity index (χ0) is 19.2. The van der Waals surface area contributed by atoms with E-state index in [0.29, 0.717) is 16.4 Å². The molecule has 0 spiro atoms. The van der Waals surface area contributed by atoms with Crippen LogP contribution in [0.5, 0.6) is 5.75 Å². The molecule has 0 heterocycles. The zero-order valence-corrected chi connectivity index (χ0v) is 16.6. The summed E-state index contributed by atoms with van der Waals surface area (Å²) in [5, 5.41) is 13.6. The highest BCUT2D eigenvalue weighted by Crippen LogP contribution is 2.67. The third-order valence-electron chi connectivity index (χ3n) is 4.66. The highest BCUT2D eigenvalue weighted by Gasteiger charge is 2.65. The first kappa shape index (κ1) is 19.1. The molecule has 26 heavy (non-hydrogen) atoms. The number of hydrogen-bond donors (Lipinski definition) is 2. The van der Waals surface area contributed by atoms with Gasteiger partial charge < -0.3 is 10.4 Å². The molecule has 136 valence electrons. The van der Waals surface area contributed by atoms with Crippen LogP contribution in [0.3, 0.4) is 0 Å². The van der Waals surface area contributed by atoms with E-state index in [1.54, 1.807) is 12.1 Å². The van der Waals surface area contributed by atoms with Crippen LogP contribution >= 0.6 is 34.8 Å². The van der Waals surface area contributed by atoms with Crippen molar-refractivity contribution in [3.63, 3.8) is 0 Å². The van der Waals surface area contributed by atoms with E-state index >= 15 is 0 Å². The van der Waals surface area contributed by atoms with E-state index in [1.807, 2.05) is 25.1 Å². The number of ketones is 1. The maximum absolute atomic E-state index is 11.6. The van der Waals surface area contributed by atoms with E-state index in [9.17, 15) is 9.90 Å². The minimum Gasteiger partial charge on any atom is -0.507 e. The summed E-state index contributed by atoms with van der Waals surface area (Å²) in [5.41, 5.74) is 3.45. The van der Waals surface area contributed by atoms with Gasteiger partial charge >= 0.3 is 0 Å². The lowest BCUT2D eigenvalue weighted by Gasteiger charge is -2.11. The second-order valence-corrected chi connectivity index (χ2v) is 8.43. The monoisotopic (exact) mass is 409 g/mol. The number of anilines is 1. The van der Waals surface area contributed by atoms with Crippen molar-refractivity contribution in [2.75, 3.05) is 5.32 Å². The standard InChI is InChI=1S/C20H18Cl3NO2/c1-10-4-5-13(8-16(10)21)19-18(20(19,22)23)11(2)24-14-6-7-17(26)15(9-14)12(3)25/h4-9,18-19,24,26H,2H2,1,3H3. The molecule has 2 aromatic carbocycles. The van der Waals surface area contributed by atoms with Crippen LogP contribution in [0.15, 0.2) is 48.7 Å². The molecule has 1 fully saturated rings. The van der Waals surface area contributed by atoms with Crippen LogP contribution in [0.25, 0.3) is 0 Å². The molecule has 3 nitrogen and oxygen atoms in total. The molecule has 1 aliphatic rings. The molecule has 0 aliphatic heterocycles. The van der Waals surface area contributed by atoms with E-state index in [2.05, 4.69) is 11.9 Å². The minimum absolute atomic E-state index is 0.0590. The number of phenols is 1. The summed E-state index contributed by atoms with van der Waals surface area (Å²) in [7, 11) is 0. The summed E-state index contributed by atoms with van der Waals surface area (Å²) in [4.78, 5) is 11.6. The number of phenolic OH excluding ortho intramolecular Hbond substituents is 1. The number of hydrogen-bond acceptors (Lipinski definition) is 3. The van der Waals surface area contributed by atoms with E-state index in [-0.39, 0.29) is 28.9 Å². The molecule has 0 radical (unpaired) electrons. The van der Waals surface area contributed by atoms with Gasteiger partial charge in [0.2, 0.25) is 0 Å². The molecule has 6 heteroatoms. The first-order valence-electron chi connectivity index (χ1n) is 8.06. The van der Waals surface area contributed by atoms with Gasteiger partial charge in [0.25, 0.3) is 0 Å². The van der Waals surface area contributed by atoms with E-state index in [4.69, 9.17) is 34.8 Å². The molecular weight excluding hydrogens is 393 g/mol. The zero-order valence-electron chi connectivity index (χ0n) is 14.3. The van der Waals surface area contributed by atoms with Gasteiger partial charge in [-0.2, -0.15) is 0 Å². The number of aromatic hydroxyl groups is 1. The van der Waals surface area contributed by atoms with Crippen LogP contribution in [0.1, 0.15) is 34.3 Å². The minimum atomic E-state index is -0.983. The molecule has 2 aromatic rings. The van der Waals surface area contributed by atoms with Crippen molar-refractivity contribution in [1.29, 1.82) is 0 Å². The number of carbonyl (C=O) groups excluding carboxylic acids is 1. The van der Waals surface area contributed by atoms with Gasteiger partial charge in [0, 0.05) is 28.2 Å². The fraction of sp³-hybridized carbons (Fsp3) is 0.250. The van der Waals surface area contributed by atoms with Gasteiger partial charge in [0.15, 0.2) is 5.78 Å². The highest BCUT2D eigenvalue weighted by molar-refractivity contribution is 6.52. The number of nitrogens with one attached hydrogen (secondary N) is 1. The molecule has 1 saturated carbocycles. The Balaban J connectivity index is 1.81. The Morgan fingerprint density at radius 1 is 1.23 bits per heavy atom. The first-order chi connectivity index (χ1) is 12.1. The van der Waals surface area contributed by atoms with E-state index in [1.165, 1.54) is 13.0 Å². The van der Waals surface area contributed by atoms with Gasteiger partial charge in [-0.1, -0.05) is 30.3 Å². The lowest BCUT2D eigenvalue weighted by molar-refractivity contribution is 0.101. The Kier molecular flexibility index (Phi) is 5.00. The number of carbonyl (C=O) groups is 1. The van der Waals surface area contributed by atoms with Crippen molar-refractivity contribution in [1.82, 2.24) is 0 Å². The summed E-state index contributed by atoms with van der Waals surface area (Å²) in [6.07, 6.45) is 0. The van der Waals surface area contributed by atoms with Crippen LogP contribution in [0, 0.1) is 12.8 Å². The highest BCUT2D eigenvalue weighted by atomic mass is 35.5. The van der Waals surface area contributed by atoms with Gasteiger partial charge in [-0.3, -0.25) is 4.79 Å². The number of aryl methyl sites for hydroxylation is 1. The van der Waals surface area contributed by atoms with Crippen LogP contribution in [0.4, 0.5) is 5.69 Å². The quantitative estimate of drug-likeness (QED) is 0.357. The second-order valence-electron chi connectivity index (χ2n) is 6.58. The largest absolute Gasteiger partial charge is 0.507 e. The lowest BCUT2D eigenvalue weighted by Crippen LogP contribution is -2.05. The molecule has 0 saturated heterocycles. The number of halogens is 3. The Hall–Kier alpha value is -1.68. The van der Waals surface area contributed by atoms with Gasteiger partial charge in [0.05, 0.1) is 5.56 Å². The van der Waals surface area contributed by atoms with Crippen molar-refractivity contribution in [3.05, 3.63) is 70.4 Å². The third-order valence-corrected chi connectivity index (χ3v) is 6.01. The van der Waals surface area contributed by atoms with E-state index < -0.39 is 4.33 Å². The predicted octanol–water partition coefficient (Wildman–Crippen LogP) is 6.07. The number of rotatable bonds is 5. The first-order valence-corrected chi connectivity index (χ1v) is 9.20. The normalized spacial score (nSPS) is 20.5. The molecule has 1 aliphatic carbocycles. The van der Waals surface area contributed by atoms with Gasteiger partial charge in [-0.25, -0.2) is 0 Å². The fourth-order valence-corrected chi connectivity index (χ4v) is 4.22. The molecule has 0 bridgehead atoms. The SMILES string of the molecule is C=C(Nc1ccc(O)c(C(C)=O)c1)C1C(c2ccc(C)c(Cl)c2)C1(Cl)Cl. The van der Waals surface area contributed by atoms with Gasteiger partial charge in [-0.05, 0) is 49.2 Å². The Bertz CT molecular complexity index is 908. The Morgan fingerprint density at radius 2 is 1.92 bits per heavy atom. The van der Waals surface area contributed by atoms with Gasteiger partial charge in [-0.15, -0.1) is 23.2 Å². The molecule has 3 rings (SSSR count). The predicted molar refractivity (Wildman–Crippen MR) is 108 cm³/mol. The van der Waals surface area contributed by atoms with Crippen molar-refractivity contribution in [3.8, 4) is 5.75 Å². The summed E-state index contributed by atoms with van der Waals surface area (Å²) >= 11 is 19.2. The third kappa shape index (κ3) is 3.44. The summed E-state index contributed by atoms with van der Waals surface area (Å²) in [5.74, 6) is -0.622. The second kappa shape index (κ2) is 6.80. The van der Waals surface area contributed by atoms with Crippen molar-refractivity contribution >= 4 is 46.3 Å². The smallest absolute Gasteiger partial charge is 0.163 e. The number of Topliss-reactive ketones (excluding diaryl/α,β-unsaturated/α-hetero) is 1.